The fraction of sp³-hybridized carbons (Fsp3) is 1.00. The number of hydrogen-bond acceptors (Lipinski definition) is 38. The summed E-state index contributed by atoms with van der Waals surface area (Å²) in [5.74, 6) is 1.23. The molecule has 642 valence electrons. The third-order valence-corrected chi connectivity index (χ3v) is 27.2. The van der Waals surface area contributed by atoms with E-state index in [1.54, 1.807) is 0 Å². The first-order chi connectivity index (χ1) is 52.3. The van der Waals surface area contributed by atoms with Crippen molar-refractivity contribution in [1.29, 1.82) is 0 Å². The van der Waals surface area contributed by atoms with Gasteiger partial charge in [0.1, 0.15) is 152 Å². The Bertz CT molecular complexity index is 2750. The van der Waals surface area contributed by atoms with E-state index in [0.29, 0.717) is 25.4 Å². The van der Waals surface area contributed by atoms with E-state index in [2.05, 4.69) is 34.6 Å². The van der Waals surface area contributed by atoms with E-state index in [1.165, 1.54) is 31.0 Å². The summed E-state index contributed by atoms with van der Waals surface area (Å²) in [6.45, 7) is 6.29. The molecule has 37 nitrogen and oxygen atoms in total. The van der Waals surface area contributed by atoms with Crippen molar-refractivity contribution in [3.8, 4) is 0 Å². The number of hydrogen-bond donors (Lipinski definition) is 24. The topological polar surface area (TPSA) is 606 Å². The molecule has 0 amide bonds. The fourth-order valence-corrected chi connectivity index (χ4v) is 20.8. The molecule has 12 rings (SSSR count). The van der Waals surface area contributed by atoms with E-state index < -0.39 is 241 Å². The lowest BCUT2D eigenvalue weighted by molar-refractivity contribution is -0.410. The minimum atomic E-state index is -2.21. The second-order valence-corrected chi connectivity index (χ2v) is 34.1. The molecule has 1 spiro atoms. The Morgan fingerprint density at radius 1 is 0.445 bits per heavy atom. The molecule has 12 aliphatic rings. The molecule has 38 heteroatoms. The third kappa shape index (κ3) is 18.7. The van der Waals surface area contributed by atoms with Crippen LogP contribution in [0, 0.1) is 52.3 Å². The summed E-state index contributed by atoms with van der Waals surface area (Å²) in [6, 6.07) is 0. The molecule has 12 fully saturated rings. The predicted molar refractivity (Wildman–Crippen MR) is 373 cm³/mol. The predicted octanol–water partition coefficient (Wildman–Crippen LogP) is -7.68. The number of ether oxygens (including phenoxy) is 13. The zero-order valence-corrected chi connectivity index (χ0v) is 63.7. The number of aliphatic hydroxyl groups is 24. The van der Waals surface area contributed by atoms with E-state index in [1.807, 2.05) is 0 Å². The molecule has 8 saturated heterocycles. The smallest absolute Gasteiger partial charge is 0.187 e. The number of aliphatic hydroxyl groups excluding tert-OH is 24. The van der Waals surface area contributed by atoms with Gasteiger partial charge >= 0.3 is 0 Å². The van der Waals surface area contributed by atoms with E-state index in [-0.39, 0.29) is 72.3 Å². The van der Waals surface area contributed by atoms with Gasteiger partial charge < -0.3 is 184 Å². The molecule has 24 N–H and O–H groups in total. The van der Waals surface area contributed by atoms with Gasteiger partial charge in [-0.15, -0.1) is 11.8 Å². The van der Waals surface area contributed by atoms with Crippen molar-refractivity contribution in [3.63, 3.8) is 0 Å². The number of unbranched alkanes of at least 4 members (excludes halogenated alkanes) is 4. The van der Waals surface area contributed by atoms with Gasteiger partial charge in [-0.2, -0.15) is 0 Å². The first-order valence-electron chi connectivity index (χ1n) is 39.2. The maximum atomic E-state index is 12.3. The maximum Gasteiger partial charge on any atom is 0.187 e. The van der Waals surface area contributed by atoms with Crippen molar-refractivity contribution < 1.29 is 184 Å². The van der Waals surface area contributed by atoms with Crippen LogP contribution >= 0.6 is 11.8 Å². The van der Waals surface area contributed by atoms with Crippen LogP contribution in [0.3, 0.4) is 0 Å². The number of thioether (sulfide) groups is 1. The fourth-order valence-electron chi connectivity index (χ4n) is 19.6. The minimum absolute atomic E-state index is 0.00749. The molecule has 4 saturated carbocycles. The van der Waals surface area contributed by atoms with Gasteiger partial charge in [-0.25, -0.2) is 0 Å². The van der Waals surface area contributed by atoms with Crippen LogP contribution in [-0.2, 0) is 61.6 Å². The van der Waals surface area contributed by atoms with Gasteiger partial charge in [-0.05, 0) is 97.5 Å². The molecule has 8 heterocycles. The summed E-state index contributed by atoms with van der Waals surface area (Å²) in [5.41, 5.74) is -1.11. The van der Waals surface area contributed by atoms with Gasteiger partial charge in [0, 0.05) is 18.3 Å². The van der Waals surface area contributed by atoms with Crippen molar-refractivity contribution >= 4 is 11.8 Å². The number of fused-ring (bicyclic) bond motifs is 7. The Morgan fingerprint density at radius 3 is 1.59 bits per heavy atom. The highest BCUT2D eigenvalue weighted by Crippen LogP contribution is 2.71. The number of rotatable bonds is 24. The van der Waals surface area contributed by atoms with Gasteiger partial charge in [0.2, 0.25) is 0 Å². The first kappa shape index (κ1) is 91.2. The van der Waals surface area contributed by atoms with Gasteiger partial charge in [0.15, 0.2) is 37.2 Å². The van der Waals surface area contributed by atoms with Crippen LogP contribution < -0.4 is 0 Å². The van der Waals surface area contributed by atoms with Gasteiger partial charge in [0.05, 0.1) is 83.9 Å². The molecule has 0 aromatic carbocycles. The first-order valence-corrected chi connectivity index (χ1v) is 40.2. The zero-order valence-electron chi connectivity index (χ0n) is 62.9. The van der Waals surface area contributed by atoms with Crippen LogP contribution in [0.1, 0.15) is 118 Å². The summed E-state index contributed by atoms with van der Waals surface area (Å²) in [7, 11) is 0. The molecule has 0 aromatic rings. The van der Waals surface area contributed by atoms with Crippen molar-refractivity contribution in [2.45, 2.75) is 332 Å². The van der Waals surface area contributed by atoms with Crippen LogP contribution in [0.2, 0.25) is 0 Å². The molecule has 110 heavy (non-hydrogen) atoms. The second-order valence-electron chi connectivity index (χ2n) is 32.9. The van der Waals surface area contributed by atoms with Crippen LogP contribution in [-0.4, -0.2) is 401 Å². The van der Waals surface area contributed by atoms with Gasteiger partial charge in [-0.3, -0.25) is 0 Å². The molecular weight excluding hydrogens is 1490 g/mol. The lowest BCUT2D eigenvalue weighted by atomic mass is 9.44. The largest absolute Gasteiger partial charge is 0.394 e. The highest BCUT2D eigenvalue weighted by Gasteiger charge is 2.73. The third-order valence-electron chi connectivity index (χ3n) is 26.0. The monoisotopic (exact) mass is 1610 g/mol. The molecule has 0 radical (unpaired) electrons. The Hall–Kier alpha value is -1.13. The Labute approximate surface area is 642 Å². The van der Waals surface area contributed by atoms with Crippen molar-refractivity contribution in [2.75, 3.05) is 65.2 Å². The summed E-state index contributed by atoms with van der Waals surface area (Å²) in [5, 5.41) is 250. The summed E-state index contributed by atoms with van der Waals surface area (Å²) >= 11 is 1.43. The summed E-state index contributed by atoms with van der Waals surface area (Å²) in [4.78, 5) is 0. The van der Waals surface area contributed by atoms with Crippen LogP contribution in [0.25, 0.3) is 0 Å². The minimum Gasteiger partial charge on any atom is -0.394 e. The maximum absolute atomic E-state index is 12.3. The van der Waals surface area contributed by atoms with Crippen molar-refractivity contribution in [2.24, 2.45) is 52.3 Å². The Balaban J connectivity index is 0.000000439. The quantitative estimate of drug-likeness (QED) is 0.0315. The van der Waals surface area contributed by atoms with E-state index in [4.69, 9.17) is 82.0 Å². The van der Waals surface area contributed by atoms with Gasteiger partial charge in [0.25, 0.3) is 0 Å². The van der Waals surface area contributed by atoms with Crippen molar-refractivity contribution in [3.05, 3.63) is 0 Å². The normalized spacial score (nSPS) is 51.5. The zero-order chi connectivity index (χ0) is 80.3. The van der Waals surface area contributed by atoms with Crippen LogP contribution in [0.4, 0.5) is 0 Å². The molecule has 39 unspecified atom stereocenters. The van der Waals surface area contributed by atoms with E-state index in [0.717, 1.165) is 57.1 Å². The molecular formula is C72H126O37S. The molecule has 0 aromatic heterocycles. The molecule has 43 atom stereocenters. The second kappa shape index (κ2) is 39.4. The molecule has 4 aliphatic carbocycles. The van der Waals surface area contributed by atoms with Gasteiger partial charge in [-0.1, -0.05) is 60.3 Å². The Kier molecular flexibility index (Phi) is 32.6. The van der Waals surface area contributed by atoms with Crippen molar-refractivity contribution in [1.82, 2.24) is 0 Å². The van der Waals surface area contributed by atoms with Crippen LogP contribution in [0.15, 0.2) is 0 Å². The lowest BCUT2D eigenvalue weighted by Crippen LogP contribution is -2.69. The standard InChI is InChI=1S/C56H92O29.C13H26O5S.C3H8O3/c1-19-7-10-56(75-17-19)20(2)31-45(85-56)37(67)32-22-6-5-21-11-26(24(61)12-55(21,4)23(22)8-9-54(31,32)3)76-50-42(72)39(69)44(30(16-60)80-50)81-53-48(47(36(66)29(15-59)79-53)83-49-40(70)33(63)25(62)18-74-49)84-52-43(73)46(35(65)28(14-58)78-52)82-51-41(71)38(68)34(64)27(13-57)77-51;1-2-3-4-5-6-7-19-13-12(17)11(16)10(15)9(8-14)18-13;4-1-3(6)2-5/h19-53,57-73H,5-18H2,1-4H3;9-17H,2-8H2,1H3;3-6H,1-2H2/t;9-,10-,11+,12-,13?;/m.1./s1. The molecule has 0 bridgehead atoms. The Morgan fingerprint density at radius 2 is 0.982 bits per heavy atom. The highest BCUT2D eigenvalue weighted by atomic mass is 32.2. The van der Waals surface area contributed by atoms with Crippen LogP contribution in [0.5, 0.6) is 0 Å². The van der Waals surface area contributed by atoms with E-state index >= 15 is 0 Å². The average molecular weight is 1620 g/mol. The summed E-state index contributed by atoms with van der Waals surface area (Å²) < 4.78 is 78.2. The molecule has 8 aliphatic heterocycles. The summed E-state index contributed by atoms with van der Waals surface area (Å²) in [6.07, 6.45) is -42.0. The lowest BCUT2D eigenvalue weighted by Gasteiger charge is -2.62. The SMILES string of the molecule is CC1CCC2(OC1)OC1C(O)C3C4CCC5CC(OC6OC(CO)C(OC7OC(CO)C(O)C(OC8OCC(O)C(O)C8O)C7OC7OC(CO)C(O)C(OC8OC(CO)C(O)C(O)C8O)C7O)C(O)C6O)C(O)CC5(C)C4CCC3(C)C1C2C.CCCCCCCSC1O[C@H](CO)[C@@H](O)[C@H](O)[C@H]1O.OCC(O)CO. The average Bonchev–Trinajstić information content (AvgIpc) is 1.52. The highest BCUT2D eigenvalue weighted by molar-refractivity contribution is 7.99. The van der Waals surface area contributed by atoms with E-state index in [9.17, 15) is 102 Å².